The number of esters is 2. The Kier molecular flexibility index (Phi) is 4.35. The van der Waals surface area contributed by atoms with Crippen molar-refractivity contribution in [2.45, 2.75) is 37.8 Å². The first-order valence-corrected chi connectivity index (χ1v) is 7.22. The second-order valence-electron chi connectivity index (χ2n) is 5.16. The monoisotopic (exact) mass is 307 g/mol. The predicted octanol–water partition coefficient (Wildman–Crippen LogP) is 0.726. The van der Waals surface area contributed by atoms with Crippen molar-refractivity contribution < 1.29 is 28.5 Å². The molecule has 0 spiro atoms. The molecule has 7 heteroatoms. The third-order valence-electron chi connectivity index (χ3n) is 3.69. The maximum Gasteiger partial charge on any atom is 0.340 e. The van der Waals surface area contributed by atoms with Gasteiger partial charge < -0.3 is 18.9 Å². The van der Waals surface area contributed by atoms with Gasteiger partial charge >= 0.3 is 11.9 Å². The minimum Gasteiger partial charge on any atom is -0.457 e. The number of ether oxygens (including phenoxy) is 4. The highest BCUT2D eigenvalue weighted by atomic mass is 16.7. The normalized spacial score (nSPS) is 29.9. The van der Waals surface area contributed by atoms with Crippen molar-refractivity contribution in [1.82, 2.24) is 4.98 Å². The molecule has 2 aliphatic rings. The van der Waals surface area contributed by atoms with E-state index >= 15 is 0 Å². The van der Waals surface area contributed by atoms with E-state index < -0.39 is 24.3 Å². The van der Waals surface area contributed by atoms with Crippen molar-refractivity contribution >= 4 is 11.9 Å². The summed E-state index contributed by atoms with van der Waals surface area (Å²) in [7, 11) is 0. The van der Waals surface area contributed by atoms with Crippen LogP contribution in [0.1, 0.15) is 23.7 Å². The van der Waals surface area contributed by atoms with Crippen LogP contribution in [0.3, 0.4) is 0 Å². The lowest BCUT2D eigenvalue weighted by atomic mass is 10.1. The molecule has 3 rings (SSSR count). The number of fused-ring (bicyclic) bond motifs is 1. The third-order valence-corrected chi connectivity index (χ3v) is 3.69. The summed E-state index contributed by atoms with van der Waals surface area (Å²) in [6.07, 6.45) is 1.57. The molecule has 4 atom stereocenters. The zero-order chi connectivity index (χ0) is 15.5. The maximum atomic E-state index is 12.0. The molecule has 0 N–H and O–H groups in total. The molecule has 118 valence electrons. The summed E-state index contributed by atoms with van der Waals surface area (Å²) in [5.74, 6) is -0.770. The molecule has 0 aliphatic carbocycles. The molecule has 2 fully saturated rings. The van der Waals surface area contributed by atoms with Crippen molar-refractivity contribution in [3.63, 3.8) is 0 Å². The van der Waals surface area contributed by atoms with Crippen LogP contribution in [-0.4, -0.2) is 54.6 Å². The van der Waals surface area contributed by atoms with Crippen molar-refractivity contribution in [3.8, 4) is 0 Å². The van der Waals surface area contributed by atoms with Gasteiger partial charge in [0, 0.05) is 18.8 Å². The Hall–Kier alpha value is -1.99. The van der Waals surface area contributed by atoms with Gasteiger partial charge in [-0.25, -0.2) is 4.79 Å². The Bertz CT molecular complexity index is 548. The topological polar surface area (TPSA) is 84.0 Å². The highest BCUT2D eigenvalue weighted by Crippen LogP contribution is 2.31. The fraction of sp³-hybridized carbons (Fsp3) is 0.533. The van der Waals surface area contributed by atoms with Gasteiger partial charge in [0.2, 0.25) is 0 Å². The second-order valence-corrected chi connectivity index (χ2v) is 5.16. The van der Waals surface area contributed by atoms with Gasteiger partial charge in [-0.1, -0.05) is 6.92 Å². The van der Waals surface area contributed by atoms with Crippen molar-refractivity contribution in [3.05, 3.63) is 30.1 Å². The molecule has 7 nitrogen and oxygen atoms in total. The molecule has 22 heavy (non-hydrogen) atoms. The molecule has 0 unspecified atom stereocenters. The maximum absolute atomic E-state index is 12.0. The van der Waals surface area contributed by atoms with Crippen LogP contribution in [0.15, 0.2) is 24.5 Å². The summed E-state index contributed by atoms with van der Waals surface area (Å²) in [6.45, 7) is 2.20. The summed E-state index contributed by atoms with van der Waals surface area (Å²) in [5.41, 5.74) is 0.373. The zero-order valence-corrected chi connectivity index (χ0v) is 12.1. The minimum atomic E-state index is -0.511. The molecule has 0 radical (unpaired) electrons. The number of pyridine rings is 1. The predicted molar refractivity (Wildman–Crippen MR) is 73.1 cm³/mol. The number of carbonyl (C=O) groups is 2. The van der Waals surface area contributed by atoms with Gasteiger partial charge in [0.1, 0.15) is 12.2 Å². The van der Waals surface area contributed by atoms with Gasteiger partial charge in [-0.05, 0) is 12.1 Å². The van der Waals surface area contributed by atoms with Crippen LogP contribution in [0.2, 0.25) is 0 Å². The number of aromatic nitrogens is 1. The van der Waals surface area contributed by atoms with Crippen LogP contribution in [-0.2, 0) is 23.7 Å². The van der Waals surface area contributed by atoms with Gasteiger partial charge in [0.15, 0.2) is 12.2 Å². The summed E-state index contributed by atoms with van der Waals surface area (Å²) < 4.78 is 21.9. The average Bonchev–Trinajstić information content (AvgIpc) is 3.12. The number of hydrogen-bond donors (Lipinski definition) is 0. The van der Waals surface area contributed by atoms with E-state index in [1.807, 2.05) is 0 Å². The first-order valence-electron chi connectivity index (χ1n) is 7.22. The summed E-state index contributed by atoms with van der Waals surface area (Å²) in [5, 5.41) is 0. The van der Waals surface area contributed by atoms with Gasteiger partial charge in [-0.2, -0.15) is 0 Å². The minimum absolute atomic E-state index is 0.224. The van der Waals surface area contributed by atoms with E-state index in [9.17, 15) is 9.59 Å². The Morgan fingerprint density at radius 1 is 1.23 bits per heavy atom. The van der Waals surface area contributed by atoms with Crippen molar-refractivity contribution in [1.29, 1.82) is 0 Å². The average molecular weight is 307 g/mol. The Labute approximate surface area is 127 Å². The highest BCUT2D eigenvalue weighted by Gasteiger charge is 2.51. The quantitative estimate of drug-likeness (QED) is 0.758. The van der Waals surface area contributed by atoms with E-state index in [1.54, 1.807) is 25.3 Å². The molecule has 0 bridgehead atoms. The van der Waals surface area contributed by atoms with Crippen LogP contribution < -0.4 is 0 Å². The number of rotatable bonds is 4. The van der Waals surface area contributed by atoms with Gasteiger partial charge in [-0.3, -0.25) is 9.78 Å². The smallest absolute Gasteiger partial charge is 0.340 e. The third kappa shape index (κ3) is 2.95. The van der Waals surface area contributed by atoms with Crippen LogP contribution >= 0.6 is 0 Å². The molecule has 2 saturated heterocycles. The lowest BCUT2D eigenvalue weighted by molar-refractivity contribution is -0.153. The van der Waals surface area contributed by atoms with E-state index in [4.69, 9.17) is 18.9 Å². The molecule has 1 aromatic heterocycles. The molecule has 0 saturated carbocycles. The first-order chi connectivity index (χ1) is 10.7. The van der Waals surface area contributed by atoms with Crippen LogP contribution in [0.5, 0.6) is 0 Å². The Morgan fingerprint density at radius 3 is 2.50 bits per heavy atom. The van der Waals surface area contributed by atoms with Gasteiger partial charge in [-0.15, -0.1) is 0 Å². The lowest BCUT2D eigenvalue weighted by Gasteiger charge is -2.17. The standard InChI is InChI=1S/C15H17NO6/c1-2-12(17)21-10-7-19-14-11(8-20-13(10)14)22-15(18)9-4-3-5-16-6-9/h3-6,10-11,13-14H,2,7-8H2,1H3/t10-,11+,13+,14+/m0/s1. The lowest BCUT2D eigenvalue weighted by Crippen LogP contribution is -2.35. The van der Waals surface area contributed by atoms with E-state index in [2.05, 4.69) is 4.98 Å². The van der Waals surface area contributed by atoms with Gasteiger partial charge in [0.25, 0.3) is 0 Å². The molecule has 2 aliphatic heterocycles. The van der Waals surface area contributed by atoms with Crippen LogP contribution in [0, 0.1) is 0 Å². The number of hydrogen-bond acceptors (Lipinski definition) is 7. The van der Waals surface area contributed by atoms with E-state index in [1.165, 1.54) is 6.20 Å². The molecular weight excluding hydrogens is 290 g/mol. The Balaban J connectivity index is 1.59. The Morgan fingerprint density at radius 2 is 1.91 bits per heavy atom. The van der Waals surface area contributed by atoms with Gasteiger partial charge in [0.05, 0.1) is 18.8 Å². The first kappa shape index (κ1) is 14.9. The SMILES string of the molecule is CCC(=O)O[C@H]1CO[C@H]2[C@@H]1OC[C@H]2OC(=O)c1cccnc1. The van der Waals surface area contributed by atoms with Crippen molar-refractivity contribution in [2.24, 2.45) is 0 Å². The van der Waals surface area contributed by atoms with Crippen LogP contribution in [0.4, 0.5) is 0 Å². The molecular formula is C15H17NO6. The second kappa shape index (κ2) is 6.41. The van der Waals surface area contributed by atoms with E-state index in [0.717, 1.165) is 0 Å². The largest absolute Gasteiger partial charge is 0.457 e. The molecule has 1 aromatic rings. The van der Waals surface area contributed by atoms with Crippen molar-refractivity contribution in [2.75, 3.05) is 13.2 Å². The fourth-order valence-corrected chi connectivity index (χ4v) is 2.57. The fourth-order valence-electron chi connectivity index (χ4n) is 2.57. The molecule has 0 amide bonds. The summed E-state index contributed by atoms with van der Waals surface area (Å²) in [4.78, 5) is 27.3. The van der Waals surface area contributed by atoms with E-state index in [-0.39, 0.29) is 25.3 Å². The number of nitrogens with zero attached hydrogens (tertiary/aromatic N) is 1. The molecule has 3 heterocycles. The zero-order valence-electron chi connectivity index (χ0n) is 12.1. The summed E-state index contributed by atoms with van der Waals surface area (Å²) in [6, 6.07) is 3.29. The molecule has 0 aromatic carbocycles. The van der Waals surface area contributed by atoms with E-state index in [0.29, 0.717) is 12.0 Å². The van der Waals surface area contributed by atoms with Crippen LogP contribution in [0.25, 0.3) is 0 Å². The number of carbonyl (C=O) groups excluding carboxylic acids is 2. The summed E-state index contributed by atoms with van der Waals surface area (Å²) >= 11 is 0. The highest BCUT2D eigenvalue weighted by molar-refractivity contribution is 5.89.